The zero-order valence-electron chi connectivity index (χ0n) is 19.8. The predicted octanol–water partition coefficient (Wildman–Crippen LogP) is 2.29. The lowest BCUT2D eigenvalue weighted by atomic mass is 9.88. The molecule has 7 heteroatoms. The maximum Gasteiger partial charge on any atom is 0.194 e. The van der Waals surface area contributed by atoms with Crippen molar-refractivity contribution in [2.45, 2.75) is 38.1 Å². The monoisotopic (exact) mass is 443 g/mol. The van der Waals surface area contributed by atoms with Gasteiger partial charge in [-0.15, -0.1) is 0 Å². The van der Waals surface area contributed by atoms with Crippen LogP contribution in [-0.2, 0) is 4.74 Å². The summed E-state index contributed by atoms with van der Waals surface area (Å²) in [5.41, 5.74) is 0.187. The van der Waals surface area contributed by atoms with Gasteiger partial charge in [0.2, 0.25) is 0 Å². The Morgan fingerprint density at radius 3 is 2.44 bits per heavy atom. The molecule has 3 aliphatic rings. The molecule has 0 amide bonds. The Labute approximate surface area is 193 Å². The number of aliphatic imine (C=N–C) groups is 1. The number of hydrogen-bond donors (Lipinski definition) is 1. The molecule has 1 aromatic rings. The number of hydrogen-bond acceptors (Lipinski definition) is 5. The highest BCUT2D eigenvalue weighted by molar-refractivity contribution is 5.80. The number of rotatable bonds is 8. The molecule has 3 fully saturated rings. The Balaban J connectivity index is 1.29. The minimum absolute atomic E-state index is 0.187. The summed E-state index contributed by atoms with van der Waals surface area (Å²) < 4.78 is 11.6. The molecule has 1 aromatic carbocycles. The van der Waals surface area contributed by atoms with Crippen LogP contribution in [0.4, 0.5) is 0 Å². The first-order valence-electron chi connectivity index (χ1n) is 12.6. The zero-order chi connectivity index (χ0) is 22.1. The molecule has 0 spiro atoms. The molecule has 4 rings (SSSR count). The standard InChI is InChI=1S/C25H41N5O2/c1-2-26-24(27-22-25(10-19-31-20-11-25)30-12-6-7-13-30)29-16-14-28(15-17-29)18-21-32-23-8-4-3-5-9-23/h3-5,8-9H,2,6-7,10-22H2,1H3,(H,26,27). The first kappa shape index (κ1) is 23.3. The number of ether oxygens (including phenoxy) is 2. The third kappa shape index (κ3) is 6.15. The van der Waals surface area contributed by atoms with Gasteiger partial charge in [-0.25, -0.2) is 0 Å². The molecule has 0 saturated carbocycles. The van der Waals surface area contributed by atoms with E-state index in [4.69, 9.17) is 14.5 Å². The molecule has 0 unspecified atom stereocenters. The fourth-order valence-corrected chi connectivity index (χ4v) is 5.16. The first-order chi connectivity index (χ1) is 15.8. The Morgan fingerprint density at radius 1 is 1.03 bits per heavy atom. The van der Waals surface area contributed by atoms with Crippen LogP contribution < -0.4 is 10.1 Å². The van der Waals surface area contributed by atoms with Gasteiger partial charge in [0.25, 0.3) is 0 Å². The van der Waals surface area contributed by atoms with Crippen molar-refractivity contribution >= 4 is 5.96 Å². The lowest BCUT2D eigenvalue weighted by molar-refractivity contribution is -0.0140. The predicted molar refractivity (Wildman–Crippen MR) is 130 cm³/mol. The minimum Gasteiger partial charge on any atom is -0.492 e. The van der Waals surface area contributed by atoms with Crippen LogP contribution in [0.15, 0.2) is 35.3 Å². The van der Waals surface area contributed by atoms with Crippen molar-refractivity contribution in [3.8, 4) is 5.75 Å². The molecule has 0 atom stereocenters. The van der Waals surface area contributed by atoms with Gasteiger partial charge in [0.1, 0.15) is 12.4 Å². The van der Waals surface area contributed by atoms with E-state index in [1.807, 2.05) is 30.3 Å². The summed E-state index contributed by atoms with van der Waals surface area (Å²) in [6, 6.07) is 10.1. The first-order valence-corrected chi connectivity index (χ1v) is 12.6. The summed E-state index contributed by atoms with van der Waals surface area (Å²) in [5.74, 6) is 2.03. The Kier molecular flexibility index (Phi) is 8.65. The van der Waals surface area contributed by atoms with E-state index < -0.39 is 0 Å². The van der Waals surface area contributed by atoms with Crippen LogP contribution >= 0.6 is 0 Å². The van der Waals surface area contributed by atoms with Crippen molar-refractivity contribution in [3.63, 3.8) is 0 Å². The van der Waals surface area contributed by atoms with Crippen LogP contribution in [0.2, 0.25) is 0 Å². The number of benzene rings is 1. The molecule has 0 radical (unpaired) electrons. The molecule has 32 heavy (non-hydrogen) atoms. The number of para-hydroxylation sites is 1. The van der Waals surface area contributed by atoms with Crippen LogP contribution in [0.3, 0.4) is 0 Å². The maximum absolute atomic E-state index is 5.88. The smallest absolute Gasteiger partial charge is 0.194 e. The second kappa shape index (κ2) is 11.9. The fourth-order valence-electron chi connectivity index (χ4n) is 5.16. The van der Waals surface area contributed by atoms with Crippen molar-refractivity contribution in [2.24, 2.45) is 4.99 Å². The van der Waals surface area contributed by atoms with Crippen molar-refractivity contribution in [1.82, 2.24) is 20.0 Å². The summed E-state index contributed by atoms with van der Waals surface area (Å²) in [6.45, 7) is 13.9. The van der Waals surface area contributed by atoms with Crippen LogP contribution in [0, 0.1) is 0 Å². The Morgan fingerprint density at radius 2 is 1.75 bits per heavy atom. The Bertz CT molecular complexity index is 694. The molecular weight excluding hydrogens is 402 g/mol. The van der Waals surface area contributed by atoms with E-state index in [1.165, 1.54) is 25.9 Å². The average Bonchev–Trinajstić information content (AvgIpc) is 3.40. The molecule has 3 heterocycles. The van der Waals surface area contributed by atoms with E-state index in [0.717, 1.165) is 90.2 Å². The van der Waals surface area contributed by atoms with E-state index in [0.29, 0.717) is 0 Å². The van der Waals surface area contributed by atoms with Gasteiger partial charge in [0.15, 0.2) is 5.96 Å². The van der Waals surface area contributed by atoms with Crippen molar-refractivity contribution < 1.29 is 9.47 Å². The summed E-state index contributed by atoms with van der Waals surface area (Å²) in [7, 11) is 0. The highest BCUT2D eigenvalue weighted by Crippen LogP contribution is 2.31. The summed E-state index contributed by atoms with van der Waals surface area (Å²) in [4.78, 5) is 12.8. The highest BCUT2D eigenvalue weighted by Gasteiger charge is 2.39. The van der Waals surface area contributed by atoms with Crippen molar-refractivity contribution in [1.29, 1.82) is 0 Å². The van der Waals surface area contributed by atoms with Crippen molar-refractivity contribution in [3.05, 3.63) is 30.3 Å². The summed E-state index contributed by atoms with van der Waals surface area (Å²) in [6.07, 6.45) is 4.85. The number of nitrogens with zero attached hydrogens (tertiary/aromatic N) is 4. The molecule has 3 saturated heterocycles. The third-order valence-corrected chi connectivity index (χ3v) is 7.15. The lowest BCUT2D eigenvalue weighted by Gasteiger charge is -2.44. The van der Waals surface area contributed by atoms with E-state index >= 15 is 0 Å². The van der Waals surface area contributed by atoms with E-state index in [1.54, 1.807) is 0 Å². The normalized spacial score (nSPS) is 22.8. The van der Waals surface area contributed by atoms with Gasteiger partial charge in [0, 0.05) is 58.0 Å². The topological polar surface area (TPSA) is 52.6 Å². The molecule has 0 aliphatic carbocycles. The fraction of sp³-hybridized carbons (Fsp3) is 0.720. The second-order valence-electron chi connectivity index (χ2n) is 9.19. The van der Waals surface area contributed by atoms with Gasteiger partial charge in [-0.3, -0.25) is 14.8 Å². The molecule has 3 aliphatic heterocycles. The zero-order valence-corrected chi connectivity index (χ0v) is 19.8. The number of guanidine groups is 1. The molecule has 0 bridgehead atoms. The van der Waals surface area contributed by atoms with Crippen LogP contribution in [-0.4, -0.2) is 105 Å². The lowest BCUT2D eigenvalue weighted by Crippen LogP contribution is -2.55. The number of likely N-dealkylation sites (tertiary alicyclic amines) is 1. The van der Waals surface area contributed by atoms with Crippen LogP contribution in [0.5, 0.6) is 5.75 Å². The van der Waals surface area contributed by atoms with Crippen LogP contribution in [0.25, 0.3) is 0 Å². The minimum atomic E-state index is 0.187. The molecule has 1 N–H and O–H groups in total. The van der Waals surface area contributed by atoms with E-state index in [-0.39, 0.29) is 5.54 Å². The number of nitrogens with one attached hydrogen (secondary N) is 1. The maximum atomic E-state index is 5.88. The second-order valence-corrected chi connectivity index (χ2v) is 9.19. The van der Waals surface area contributed by atoms with Gasteiger partial charge >= 0.3 is 0 Å². The summed E-state index contributed by atoms with van der Waals surface area (Å²) >= 11 is 0. The highest BCUT2D eigenvalue weighted by atomic mass is 16.5. The molecular formula is C25H41N5O2. The van der Waals surface area contributed by atoms with Crippen LogP contribution in [0.1, 0.15) is 32.6 Å². The molecule has 7 nitrogen and oxygen atoms in total. The van der Waals surface area contributed by atoms with Gasteiger partial charge in [-0.1, -0.05) is 18.2 Å². The largest absolute Gasteiger partial charge is 0.492 e. The van der Waals surface area contributed by atoms with Gasteiger partial charge in [0.05, 0.1) is 6.54 Å². The SMILES string of the molecule is CCNC(=NCC1(N2CCCC2)CCOCC1)N1CCN(CCOc2ccccc2)CC1. The van der Waals surface area contributed by atoms with Gasteiger partial charge in [-0.05, 0) is 57.8 Å². The summed E-state index contributed by atoms with van der Waals surface area (Å²) in [5, 5.41) is 3.56. The number of piperazine rings is 1. The van der Waals surface area contributed by atoms with Gasteiger partial charge in [-0.2, -0.15) is 0 Å². The third-order valence-electron chi connectivity index (χ3n) is 7.15. The molecule has 0 aromatic heterocycles. The van der Waals surface area contributed by atoms with E-state index in [2.05, 4.69) is 26.9 Å². The quantitative estimate of drug-likeness (QED) is 0.492. The van der Waals surface area contributed by atoms with E-state index in [9.17, 15) is 0 Å². The average molecular weight is 444 g/mol. The molecule has 178 valence electrons. The Hall–Kier alpha value is -1.83. The van der Waals surface area contributed by atoms with Gasteiger partial charge < -0.3 is 19.7 Å². The van der Waals surface area contributed by atoms with Crippen molar-refractivity contribution in [2.75, 3.05) is 78.7 Å².